The molecule has 106 valence electrons. The van der Waals surface area contributed by atoms with E-state index in [2.05, 4.69) is 26.7 Å². The molecule has 2 fully saturated rings. The van der Waals surface area contributed by atoms with Gasteiger partial charge in [-0.2, -0.15) is 5.10 Å². The van der Waals surface area contributed by atoms with Crippen molar-refractivity contribution in [2.45, 2.75) is 51.5 Å². The van der Waals surface area contributed by atoms with Gasteiger partial charge in [0.1, 0.15) is 12.7 Å². The van der Waals surface area contributed by atoms with Crippen molar-refractivity contribution in [1.29, 1.82) is 0 Å². The third-order valence-electron chi connectivity index (χ3n) is 5.40. The van der Waals surface area contributed by atoms with Crippen LogP contribution in [0.3, 0.4) is 0 Å². The molecular formula is C15H26N4. The fourth-order valence-electron chi connectivity index (χ4n) is 4.11. The first kappa shape index (κ1) is 13.1. The first-order valence-corrected chi connectivity index (χ1v) is 7.79. The Labute approximate surface area is 116 Å². The quantitative estimate of drug-likeness (QED) is 0.839. The first-order valence-electron chi connectivity index (χ1n) is 7.79. The predicted molar refractivity (Wildman–Crippen MR) is 75.8 cm³/mol. The molecule has 1 saturated heterocycles. The molecule has 19 heavy (non-hydrogen) atoms. The highest BCUT2D eigenvalue weighted by molar-refractivity contribution is 4.92. The summed E-state index contributed by atoms with van der Waals surface area (Å²) >= 11 is 0. The average molecular weight is 262 g/mol. The Morgan fingerprint density at radius 1 is 1.16 bits per heavy atom. The highest BCUT2D eigenvalue weighted by atomic mass is 15.3. The maximum Gasteiger partial charge on any atom is 0.137 e. The normalized spacial score (nSPS) is 25.5. The van der Waals surface area contributed by atoms with Crippen LogP contribution in [0.1, 0.15) is 44.9 Å². The van der Waals surface area contributed by atoms with E-state index in [1.807, 2.05) is 6.33 Å². The van der Waals surface area contributed by atoms with Gasteiger partial charge in [-0.05, 0) is 57.2 Å². The molecule has 0 aromatic carbocycles. The van der Waals surface area contributed by atoms with Crippen LogP contribution in [0.2, 0.25) is 0 Å². The molecule has 0 spiro atoms. The van der Waals surface area contributed by atoms with Crippen LogP contribution >= 0.6 is 0 Å². The van der Waals surface area contributed by atoms with Gasteiger partial charge >= 0.3 is 0 Å². The molecule has 2 aliphatic rings. The Kier molecular flexibility index (Phi) is 3.87. The van der Waals surface area contributed by atoms with E-state index in [0.717, 1.165) is 12.5 Å². The third-order valence-corrected chi connectivity index (χ3v) is 5.40. The van der Waals surface area contributed by atoms with Gasteiger partial charge in [-0.1, -0.05) is 19.3 Å². The summed E-state index contributed by atoms with van der Waals surface area (Å²) in [5, 5.41) is 4.36. The molecule has 0 atom stereocenters. The second-order valence-corrected chi connectivity index (χ2v) is 6.59. The SMILES string of the molecule is CN1CCC(Cn2cncn2)(C2CCCCC2)CC1. The summed E-state index contributed by atoms with van der Waals surface area (Å²) in [6, 6.07) is 0. The molecule has 2 heterocycles. The molecule has 3 rings (SSSR count). The van der Waals surface area contributed by atoms with Crippen molar-refractivity contribution in [2.24, 2.45) is 11.3 Å². The minimum atomic E-state index is 0.473. The number of hydrogen-bond donors (Lipinski definition) is 0. The number of likely N-dealkylation sites (tertiary alicyclic amines) is 1. The lowest BCUT2D eigenvalue weighted by Gasteiger charge is -2.47. The van der Waals surface area contributed by atoms with Gasteiger partial charge < -0.3 is 4.90 Å². The van der Waals surface area contributed by atoms with Gasteiger partial charge in [-0.25, -0.2) is 4.98 Å². The fourth-order valence-corrected chi connectivity index (χ4v) is 4.11. The van der Waals surface area contributed by atoms with Crippen LogP contribution in [-0.2, 0) is 6.54 Å². The van der Waals surface area contributed by atoms with Crippen LogP contribution in [0.25, 0.3) is 0 Å². The van der Waals surface area contributed by atoms with Crippen molar-refractivity contribution >= 4 is 0 Å². The van der Waals surface area contributed by atoms with Gasteiger partial charge in [-0.3, -0.25) is 4.68 Å². The van der Waals surface area contributed by atoms with E-state index >= 15 is 0 Å². The van der Waals surface area contributed by atoms with E-state index in [1.165, 1.54) is 58.0 Å². The van der Waals surface area contributed by atoms with Crippen LogP contribution < -0.4 is 0 Å². The summed E-state index contributed by atoms with van der Waals surface area (Å²) < 4.78 is 2.07. The van der Waals surface area contributed by atoms with Gasteiger partial charge in [0.05, 0.1) is 0 Å². The topological polar surface area (TPSA) is 34.0 Å². The summed E-state index contributed by atoms with van der Waals surface area (Å²) in [5.41, 5.74) is 0.473. The van der Waals surface area contributed by atoms with Gasteiger partial charge in [0.2, 0.25) is 0 Å². The van der Waals surface area contributed by atoms with Crippen LogP contribution in [0.5, 0.6) is 0 Å². The second-order valence-electron chi connectivity index (χ2n) is 6.59. The highest BCUT2D eigenvalue weighted by Gasteiger charge is 2.41. The van der Waals surface area contributed by atoms with Crippen LogP contribution in [-0.4, -0.2) is 39.8 Å². The van der Waals surface area contributed by atoms with Crippen molar-refractivity contribution in [3.05, 3.63) is 12.7 Å². The lowest BCUT2D eigenvalue weighted by molar-refractivity contribution is 0.0188. The number of rotatable bonds is 3. The molecule has 1 aliphatic heterocycles. The summed E-state index contributed by atoms with van der Waals surface area (Å²) in [5.74, 6) is 0.902. The van der Waals surface area contributed by atoms with Gasteiger partial charge in [0.25, 0.3) is 0 Å². The molecule has 1 saturated carbocycles. The second kappa shape index (κ2) is 5.61. The van der Waals surface area contributed by atoms with Crippen LogP contribution in [0, 0.1) is 11.3 Å². The molecule has 4 heteroatoms. The van der Waals surface area contributed by atoms with Crippen molar-refractivity contribution in [3.63, 3.8) is 0 Å². The van der Waals surface area contributed by atoms with Crippen LogP contribution in [0.4, 0.5) is 0 Å². The van der Waals surface area contributed by atoms with Crippen molar-refractivity contribution < 1.29 is 0 Å². The van der Waals surface area contributed by atoms with Crippen molar-refractivity contribution in [2.75, 3.05) is 20.1 Å². The number of aromatic nitrogens is 3. The average Bonchev–Trinajstić information content (AvgIpc) is 2.95. The fraction of sp³-hybridized carbons (Fsp3) is 0.867. The number of piperidine rings is 1. The van der Waals surface area contributed by atoms with E-state index in [4.69, 9.17) is 0 Å². The zero-order valence-corrected chi connectivity index (χ0v) is 12.1. The van der Waals surface area contributed by atoms with E-state index < -0.39 is 0 Å². The first-order chi connectivity index (χ1) is 9.28. The Hall–Kier alpha value is -0.900. The standard InChI is InChI=1S/C15H26N4/c1-18-9-7-15(8-10-18,11-19-13-16-12-17-19)14-5-3-2-4-6-14/h12-14H,2-11H2,1H3. The Morgan fingerprint density at radius 2 is 1.89 bits per heavy atom. The minimum absolute atomic E-state index is 0.473. The molecule has 0 N–H and O–H groups in total. The number of nitrogens with zero attached hydrogens (tertiary/aromatic N) is 4. The van der Waals surface area contributed by atoms with E-state index in [-0.39, 0.29) is 0 Å². The molecule has 0 bridgehead atoms. The zero-order chi connectivity index (χ0) is 13.1. The van der Waals surface area contributed by atoms with Gasteiger partial charge in [0, 0.05) is 6.54 Å². The van der Waals surface area contributed by atoms with Crippen molar-refractivity contribution in [1.82, 2.24) is 19.7 Å². The van der Waals surface area contributed by atoms with E-state index in [9.17, 15) is 0 Å². The molecule has 0 radical (unpaired) electrons. The molecule has 0 amide bonds. The molecule has 1 aliphatic carbocycles. The molecule has 1 aromatic rings. The largest absolute Gasteiger partial charge is 0.306 e. The summed E-state index contributed by atoms with van der Waals surface area (Å²) in [4.78, 5) is 6.59. The monoisotopic (exact) mass is 262 g/mol. The molecule has 4 nitrogen and oxygen atoms in total. The lowest BCUT2D eigenvalue weighted by atomic mass is 9.64. The molecular weight excluding hydrogens is 236 g/mol. The molecule has 0 unspecified atom stereocenters. The smallest absolute Gasteiger partial charge is 0.137 e. The van der Waals surface area contributed by atoms with E-state index in [0.29, 0.717) is 5.41 Å². The van der Waals surface area contributed by atoms with E-state index in [1.54, 1.807) is 6.33 Å². The molecule has 1 aromatic heterocycles. The summed E-state index contributed by atoms with van der Waals surface area (Å²) in [7, 11) is 2.25. The van der Waals surface area contributed by atoms with Crippen LogP contribution in [0.15, 0.2) is 12.7 Å². The Balaban J connectivity index is 1.77. The van der Waals surface area contributed by atoms with Crippen molar-refractivity contribution in [3.8, 4) is 0 Å². The highest BCUT2D eigenvalue weighted by Crippen LogP contribution is 2.46. The third kappa shape index (κ3) is 2.83. The predicted octanol–water partition coefficient (Wildman–Crippen LogP) is 2.57. The maximum absolute atomic E-state index is 4.36. The summed E-state index contributed by atoms with van der Waals surface area (Å²) in [6.07, 6.45) is 13.4. The Bertz CT molecular complexity index is 373. The minimum Gasteiger partial charge on any atom is -0.306 e. The Morgan fingerprint density at radius 3 is 2.53 bits per heavy atom. The summed E-state index contributed by atoms with van der Waals surface area (Å²) in [6.45, 7) is 3.56. The van der Waals surface area contributed by atoms with Gasteiger partial charge in [0.15, 0.2) is 0 Å². The zero-order valence-electron chi connectivity index (χ0n) is 12.1. The maximum atomic E-state index is 4.36. The number of hydrogen-bond acceptors (Lipinski definition) is 3. The van der Waals surface area contributed by atoms with Gasteiger partial charge in [-0.15, -0.1) is 0 Å². The lowest BCUT2D eigenvalue weighted by Crippen LogP contribution is -2.45.